The molecule has 0 amide bonds. The first-order chi connectivity index (χ1) is 19.4. The van der Waals surface area contributed by atoms with Crippen LogP contribution in [0.1, 0.15) is 24.8 Å². The zero-order chi connectivity index (χ0) is 28.0. The molecule has 0 bridgehead atoms. The molecule has 2 atom stereocenters. The molecular formula is C31H34N2O6S. The Labute approximate surface area is 235 Å². The number of nitrogens with one attached hydrogen (secondary N) is 1. The van der Waals surface area contributed by atoms with Crippen LogP contribution in [0.5, 0.6) is 5.75 Å². The molecule has 0 aliphatic carbocycles. The minimum absolute atomic E-state index is 0.0953. The predicted molar refractivity (Wildman–Crippen MR) is 155 cm³/mol. The molecule has 3 aromatic carbocycles. The van der Waals surface area contributed by atoms with E-state index in [1.54, 1.807) is 12.1 Å². The Morgan fingerprint density at radius 1 is 0.975 bits per heavy atom. The van der Waals surface area contributed by atoms with Gasteiger partial charge in [-0.05, 0) is 74.7 Å². The van der Waals surface area contributed by atoms with Gasteiger partial charge in [0, 0.05) is 30.3 Å². The number of hydrogen-bond donors (Lipinski definition) is 1. The molecular weight excluding hydrogens is 528 g/mol. The summed E-state index contributed by atoms with van der Waals surface area (Å²) in [6.07, 6.45) is 1.63. The van der Waals surface area contributed by atoms with Gasteiger partial charge in [0.25, 0.3) is 10.1 Å². The third-order valence-corrected chi connectivity index (χ3v) is 8.06. The lowest BCUT2D eigenvalue weighted by molar-refractivity contribution is -0.198. The molecule has 1 aromatic heterocycles. The number of aryl methyl sites for hydroxylation is 1. The number of nitrogens with zero attached hydrogens (tertiary/aromatic N) is 1. The van der Waals surface area contributed by atoms with Crippen LogP contribution in [0.15, 0.2) is 83.8 Å². The SMILES string of the molecule is CNc1ccc(-c2ccc3cc(OC[C@@H](COS(=O)(=O)c4ccc(C)cc4)OC4CCCCO4)ccc3n2)cc1. The topological polar surface area (TPSA) is 96.0 Å². The first kappa shape index (κ1) is 28.0. The fourth-order valence-electron chi connectivity index (χ4n) is 4.45. The minimum atomic E-state index is -3.94. The number of aromatic nitrogens is 1. The molecule has 8 nitrogen and oxygen atoms in total. The lowest BCUT2D eigenvalue weighted by Crippen LogP contribution is -2.35. The van der Waals surface area contributed by atoms with Crippen molar-refractivity contribution in [3.63, 3.8) is 0 Å². The normalized spacial score (nSPS) is 16.5. The smallest absolute Gasteiger partial charge is 0.297 e. The van der Waals surface area contributed by atoms with Crippen molar-refractivity contribution >= 4 is 26.7 Å². The molecule has 1 saturated heterocycles. The molecule has 1 aliphatic rings. The van der Waals surface area contributed by atoms with E-state index in [0.717, 1.165) is 52.7 Å². The molecule has 2 heterocycles. The summed E-state index contributed by atoms with van der Waals surface area (Å²) >= 11 is 0. The maximum atomic E-state index is 12.8. The molecule has 1 aliphatic heterocycles. The van der Waals surface area contributed by atoms with Gasteiger partial charge in [-0.25, -0.2) is 4.98 Å². The average Bonchev–Trinajstić information content (AvgIpc) is 2.99. The molecule has 1 fully saturated rings. The Kier molecular flexibility index (Phi) is 8.96. The summed E-state index contributed by atoms with van der Waals surface area (Å²) in [6, 6.07) is 24.3. The molecule has 0 saturated carbocycles. The van der Waals surface area contributed by atoms with Gasteiger partial charge in [0.1, 0.15) is 18.5 Å². The van der Waals surface area contributed by atoms with Crippen LogP contribution in [0.2, 0.25) is 0 Å². The second-order valence-corrected chi connectivity index (χ2v) is 11.4. The fraction of sp³-hybridized carbons (Fsp3) is 0.323. The van der Waals surface area contributed by atoms with Crippen LogP contribution in [-0.2, 0) is 23.8 Å². The summed E-state index contributed by atoms with van der Waals surface area (Å²) in [5.74, 6) is 0.625. The molecule has 0 radical (unpaired) electrons. The minimum Gasteiger partial charge on any atom is -0.491 e. The first-order valence-electron chi connectivity index (χ1n) is 13.4. The Balaban J connectivity index is 1.26. The highest BCUT2D eigenvalue weighted by Gasteiger charge is 2.24. The van der Waals surface area contributed by atoms with E-state index in [-0.39, 0.29) is 18.1 Å². The van der Waals surface area contributed by atoms with Gasteiger partial charge in [0.2, 0.25) is 0 Å². The van der Waals surface area contributed by atoms with Gasteiger partial charge in [-0.3, -0.25) is 4.18 Å². The van der Waals surface area contributed by atoms with E-state index in [1.165, 1.54) is 12.1 Å². The van der Waals surface area contributed by atoms with Crippen molar-refractivity contribution in [2.24, 2.45) is 0 Å². The lowest BCUT2D eigenvalue weighted by atomic mass is 10.1. The molecule has 1 N–H and O–H groups in total. The number of pyridine rings is 1. The van der Waals surface area contributed by atoms with Crippen LogP contribution >= 0.6 is 0 Å². The van der Waals surface area contributed by atoms with E-state index in [2.05, 4.69) is 5.32 Å². The third-order valence-electron chi connectivity index (χ3n) is 6.77. The number of benzene rings is 3. The summed E-state index contributed by atoms with van der Waals surface area (Å²) in [6.45, 7) is 2.41. The molecule has 9 heteroatoms. The van der Waals surface area contributed by atoms with E-state index < -0.39 is 22.5 Å². The number of ether oxygens (including phenoxy) is 3. The van der Waals surface area contributed by atoms with Crippen molar-refractivity contribution in [1.29, 1.82) is 0 Å². The maximum absolute atomic E-state index is 12.8. The van der Waals surface area contributed by atoms with Crippen LogP contribution in [0.25, 0.3) is 22.2 Å². The summed E-state index contributed by atoms with van der Waals surface area (Å²) in [4.78, 5) is 4.90. The van der Waals surface area contributed by atoms with E-state index in [9.17, 15) is 8.42 Å². The van der Waals surface area contributed by atoms with Gasteiger partial charge in [-0.2, -0.15) is 8.42 Å². The van der Waals surface area contributed by atoms with E-state index in [4.69, 9.17) is 23.4 Å². The Morgan fingerprint density at radius 2 is 1.77 bits per heavy atom. The Hall–Kier alpha value is -3.50. The lowest BCUT2D eigenvalue weighted by Gasteiger charge is -2.27. The number of fused-ring (bicyclic) bond motifs is 1. The second-order valence-electron chi connectivity index (χ2n) is 9.80. The largest absolute Gasteiger partial charge is 0.491 e. The van der Waals surface area contributed by atoms with Crippen LogP contribution in [0.4, 0.5) is 5.69 Å². The maximum Gasteiger partial charge on any atom is 0.297 e. The van der Waals surface area contributed by atoms with Gasteiger partial charge in [-0.1, -0.05) is 35.9 Å². The highest BCUT2D eigenvalue weighted by molar-refractivity contribution is 7.86. The van der Waals surface area contributed by atoms with Crippen molar-refractivity contribution in [2.75, 3.05) is 32.2 Å². The van der Waals surface area contributed by atoms with Crippen molar-refractivity contribution in [3.8, 4) is 17.0 Å². The molecule has 40 heavy (non-hydrogen) atoms. The second kappa shape index (κ2) is 12.8. The van der Waals surface area contributed by atoms with E-state index in [1.807, 2.05) is 68.6 Å². The highest BCUT2D eigenvalue weighted by Crippen LogP contribution is 2.26. The van der Waals surface area contributed by atoms with E-state index in [0.29, 0.717) is 12.4 Å². The molecule has 1 unspecified atom stereocenters. The highest BCUT2D eigenvalue weighted by atomic mass is 32.2. The van der Waals surface area contributed by atoms with Crippen molar-refractivity contribution in [3.05, 3.63) is 84.4 Å². The molecule has 5 rings (SSSR count). The zero-order valence-corrected chi connectivity index (χ0v) is 23.5. The first-order valence-corrected chi connectivity index (χ1v) is 14.9. The summed E-state index contributed by atoms with van der Waals surface area (Å²) in [5, 5.41) is 4.05. The quantitative estimate of drug-likeness (QED) is 0.224. The molecule has 0 spiro atoms. The van der Waals surface area contributed by atoms with Gasteiger partial charge >= 0.3 is 0 Å². The Bertz CT molecular complexity index is 1520. The zero-order valence-electron chi connectivity index (χ0n) is 22.7. The van der Waals surface area contributed by atoms with Crippen molar-refractivity contribution in [1.82, 2.24) is 4.98 Å². The van der Waals surface area contributed by atoms with Gasteiger partial charge in [0.15, 0.2) is 6.29 Å². The number of anilines is 1. The van der Waals surface area contributed by atoms with Crippen LogP contribution in [0.3, 0.4) is 0 Å². The monoisotopic (exact) mass is 562 g/mol. The summed E-state index contributed by atoms with van der Waals surface area (Å²) in [5.41, 5.74) is 4.77. The average molecular weight is 563 g/mol. The fourth-order valence-corrected chi connectivity index (χ4v) is 5.39. The van der Waals surface area contributed by atoms with E-state index >= 15 is 0 Å². The van der Waals surface area contributed by atoms with Crippen molar-refractivity contribution in [2.45, 2.75) is 43.5 Å². The molecule has 210 valence electrons. The summed E-state index contributed by atoms with van der Waals surface area (Å²) < 4.78 is 48.8. The predicted octanol–water partition coefficient (Wildman–Crippen LogP) is 5.95. The third kappa shape index (κ3) is 7.17. The van der Waals surface area contributed by atoms with Crippen molar-refractivity contribution < 1.29 is 26.8 Å². The van der Waals surface area contributed by atoms with Crippen LogP contribution < -0.4 is 10.1 Å². The summed E-state index contributed by atoms with van der Waals surface area (Å²) in [7, 11) is -2.05. The number of hydrogen-bond acceptors (Lipinski definition) is 8. The van der Waals surface area contributed by atoms with Gasteiger partial charge < -0.3 is 19.5 Å². The Morgan fingerprint density at radius 3 is 2.50 bits per heavy atom. The molecule has 4 aromatic rings. The van der Waals surface area contributed by atoms with Gasteiger partial charge in [0.05, 0.1) is 22.7 Å². The van der Waals surface area contributed by atoms with Gasteiger partial charge in [-0.15, -0.1) is 0 Å². The van der Waals surface area contributed by atoms with Crippen LogP contribution in [-0.4, -0.2) is 52.7 Å². The standard InChI is InChI=1S/C31H34N2O6S/c1-22-6-14-28(15-7-22)40(34,35)38-21-27(39-31-5-3-4-18-36-31)20-37-26-13-17-30-24(19-26)10-16-29(33-30)23-8-11-25(32-2)12-9-23/h6-17,19,27,31-32H,3-5,18,20-21H2,1-2H3/t27-,31?/m0/s1. The van der Waals surface area contributed by atoms with Crippen LogP contribution in [0, 0.1) is 6.92 Å². The number of rotatable bonds is 11.